The molecule has 0 radical (unpaired) electrons. The summed E-state index contributed by atoms with van der Waals surface area (Å²) in [5.74, 6) is -0.697. The summed E-state index contributed by atoms with van der Waals surface area (Å²) in [7, 11) is 1.23. The Morgan fingerprint density at radius 3 is 2.94 bits per heavy atom. The molecule has 1 N–H and O–H groups in total. The van der Waals surface area contributed by atoms with E-state index >= 15 is 0 Å². The SMILES string of the molecule is COC(=O)C(C)(O)Cn1nnc2ccccc21. The Balaban J connectivity index is 2.33. The number of rotatable bonds is 3. The number of aromatic nitrogens is 3. The van der Waals surface area contributed by atoms with Crippen molar-refractivity contribution in [2.45, 2.75) is 19.1 Å². The zero-order valence-corrected chi connectivity index (χ0v) is 9.62. The summed E-state index contributed by atoms with van der Waals surface area (Å²) in [5, 5.41) is 17.8. The molecule has 0 aliphatic rings. The van der Waals surface area contributed by atoms with Crippen molar-refractivity contribution in [3.63, 3.8) is 0 Å². The van der Waals surface area contributed by atoms with Gasteiger partial charge in [-0.1, -0.05) is 17.3 Å². The van der Waals surface area contributed by atoms with E-state index in [0.717, 1.165) is 5.52 Å². The number of hydrogen-bond donors (Lipinski definition) is 1. The Morgan fingerprint density at radius 2 is 2.24 bits per heavy atom. The largest absolute Gasteiger partial charge is 0.467 e. The molecule has 6 heteroatoms. The van der Waals surface area contributed by atoms with Gasteiger partial charge in [0.05, 0.1) is 19.2 Å². The average molecular weight is 235 g/mol. The Bertz CT molecular complexity index is 548. The second-order valence-corrected chi connectivity index (χ2v) is 4.00. The molecule has 0 saturated carbocycles. The Morgan fingerprint density at radius 1 is 1.53 bits per heavy atom. The van der Waals surface area contributed by atoms with Gasteiger partial charge in [0.2, 0.25) is 0 Å². The summed E-state index contributed by atoms with van der Waals surface area (Å²) in [6.07, 6.45) is 0. The molecule has 0 aliphatic carbocycles. The van der Waals surface area contributed by atoms with Crippen LogP contribution in [-0.4, -0.2) is 38.8 Å². The van der Waals surface area contributed by atoms with Crippen LogP contribution in [0.15, 0.2) is 24.3 Å². The molecule has 1 heterocycles. The van der Waals surface area contributed by atoms with E-state index in [4.69, 9.17) is 0 Å². The molecule has 0 spiro atoms. The highest BCUT2D eigenvalue weighted by Crippen LogP contribution is 2.14. The summed E-state index contributed by atoms with van der Waals surface area (Å²) in [4.78, 5) is 11.4. The van der Waals surface area contributed by atoms with E-state index in [0.29, 0.717) is 5.52 Å². The molecular weight excluding hydrogens is 222 g/mol. The molecule has 0 aliphatic heterocycles. The second-order valence-electron chi connectivity index (χ2n) is 4.00. The highest BCUT2D eigenvalue weighted by molar-refractivity contribution is 5.79. The van der Waals surface area contributed by atoms with Gasteiger partial charge >= 0.3 is 5.97 Å². The summed E-state index contributed by atoms with van der Waals surface area (Å²) in [5.41, 5.74) is -0.143. The van der Waals surface area contributed by atoms with Crippen LogP contribution in [0.1, 0.15) is 6.92 Å². The van der Waals surface area contributed by atoms with Crippen LogP contribution in [0.5, 0.6) is 0 Å². The van der Waals surface area contributed by atoms with Gasteiger partial charge in [-0.15, -0.1) is 5.10 Å². The fourth-order valence-corrected chi connectivity index (χ4v) is 1.61. The van der Waals surface area contributed by atoms with Gasteiger partial charge in [0, 0.05) is 0 Å². The molecule has 2 rings (SSSR count). The highest BCUT2D eigenvalue weighted by Gasteiger charge is 2.32. The molecule has 17 heavy (non-hydrogen) atoms. The Kier molecular flexibility index (Phi) is 2.81. The number of carbonyl (C=O) groups is 1. The first-order chi connectivity index (χ1) is 8.04. The smallest absolute Gasteiger partial charge is 0.339 e. The molecule has 0 saturated heterocycles. The van der Waals surface area contributed by atoms with Gasteiger partial charge in [-0.3, -0.25) is 0 Å². The fourth-order valence-electron chi connectivity index (χ4n) is 1.61. The standard InChI is InChI=1S/C11H13N3O3/c1-11(16,10(15)17-2)7-14-9-6-4-3-5-8(9)12-13-14/h3-6,16H,7H2,1-2H3. The molecule has 0 fully saturated rings. The number of hydrogen-bond acceptors (Lipinski definition) is 5. The maximum Gasteiger partial charge on any atom is 0.339 e. The summed E-state index contributed by atoms with van der Waals surface area (Å²) in [6, 6.07) is 7.32. The fraction of sp³-hybridized carbons (Fsp3) is 0.364. The van der Waals surface area contributed by atoms with Crippen molar-refractivity contribution in [1.82, 2.24) is 15.0 Å². The third kappa shape index (κ3) is 2.12. The van der Waals surface area contributed by atoms with Crippen molar-refractivity contribution in [3.8, 4) is 0 Å². The number of fused-ring (bicyclic) bond motifs is 1. The number of methoxy groups -OCH3 is 1. The number of carbonyl (C=O) groups excluding carboxylic acids is 1. The lowest BCUT2D eigenvalue weighted by Crippen LogP contribution is -2.40. The van der Waals surface area contributed by atoms with E-state index in [2.05, 4.69) is 15.0 Å². The Hall–Kier alpha value is -1.95. The minimum absolute atomic E-state index is 0.000185. The van der Waals surface area contributed by atoms with Crippen molar-refractivity contribution in [2.75, 3.05) is 7.11 Å². The molecule has 1 unspecified atom stereocenters. The van der Waals surface area contributed by atoms with E-state index in [-0.39, 0.29) is 6.54 Å². The van der Waals surface area contributed by atoms with Crippen LogP contribution in [-0.2, 0) is 16.1 Å². The summed E-state index contributed by atoms with van der Waals surface area (Å²) in [6.45, 7) is 1.38. The molecule has 90 valence electrons. The predicted molar refractivity (Wildman–Crippen MR) is 60.2 cm³/mol. The van der Waals surface area contributed by atoms with Gasteiger partial charge in [-0.05, 0) is 19.1 Å². The number of aliphatic hydroxyl groups is 1. The summed E-state index contributed by atoms with van der Waals surface area (Å²) < 4.78 is 6.00. The van der Waals surface area contributed by atoms with Crippen molar-refractivity contribution in [2.24, 2.45) is 0 Å². The lowest BCUT2D eigenvalue weighted by Gasteiger charge is -2.19. The molecule has 6 nitrogen and oxygen atoms in total. The predicted octanol–water partition coefficient (Wildman–Crippen LogP) is 0.355. The third-order valence-corrected chi connectivity index (χ3v) is 2.50. The number of para-hydroxylation sites is 1. The number of ether oxygens (including phenoxy) is 1. The van der Waals surface area contributed by atoms with E-state index in [1.54, 1.807) is 0 Å². The van der Waals surface area contributed by atoms with Crippen LogP contribution in [0.3, 0.4) is 0 Å². The molecule has 0 bridgehead atoms. The maximum absolute atomic E-state index is 11.4. The highest BCUT2D eigenvalue weighted by atomic mass is 16.5. The van der Waals surface area contributed by atoms with Crippen LogP contribution < -0.4 is 0 Å². The molecule has 1 atom stereocenters. The van der Waals surface area contributed by atoms with Gasteiger partial charge in [0.15, 0.2) is 5.60 Å². The second kappa shape index (κ2) is 4.14. The van der Waals surface area contributed by atoms with Gasteiger partial charge in [0.1, 0.15) is 5.52 Å². The van der Waals surface area contributed by atoms with Gasteiger partial charge in [-0.2, -0.15) is 0 Å². The van der Waals surface area contributed by atoms with Gasteiger partial charge in [0.25, 0.3) is 0 Å². The molecule has 1 aromatic heterocycles. The van der Waals surface area contributed by atoms with Crippen molar-refractivity contribution >= 4 is 17.0 Å². The van der Waals surface area contributed by atoms with E-state index in [1.807, 2.05) is 24.3 Å². The minimum Gasteiger partial charge on any atom is -0.467 e. The lowest BCUT2D eigenvalue weighted by molar-refractivity contribution is -0.161. The third-order valence-electron chi connectivity index (χ3n) is 2.50. The van der Waals surface area contributed by atoms with E-state index < -0.39 is 11.6 Å². The first-order valence-corrected chi connectivity index (χ1v) is 5.13. The van der Waals surface area contributed by atoms with Gasteiger partial charge < -0.3 is 9.84 Å². The van der Waals surface area contributed by atoms with Crippen molar-refractivity contribution < 1.29 is 14.6 Å². The first-order valence-electron chi connectivity index (χ1n) is 5.13. The Labute approximate surface area is 97.8 Å². The maximum atomic E-state index is 11.4. The molecule has 2 aromatic rings. The van der Waals surface area contributed by atoms with Gasteiger partial charge in [-0.25, -0.2) is 9.48 Å². The van der Waals surface area contributed by atoms with Crippen molar-refractivity contribution in [3.05, 3.63) is 24.3 Å². The normalized spacial score (nSPS) is 14.5. The number of esters is 1. The van der Waals surface area contributed by atoms with Crippen LogP contribution in [0.4, 0.5) is 0 Å². The zero-order valence-electron chi connectivity index (χ0n) is 9.62. The monoisotopic (exact) mass is 235 g/mol. The molecular formula is C11H13N3O3. The number of nitrogens with zero attached hydrogens (tertiary/aromatic N) is 3. The van der Waals surface area contributed by atoms with E-state index in [1.165, 1.54) is 18.7 Å². The molecule has 1 aromatic carbocycles. The first kappa shape index (κ1) is 11.5. The van der Waals surface area contributed by atoms with Crippen LogP contribution >= 0.6 is 0 Å². The zero-order chi connectivity index (χ0) is 12.5. The van der Waals surface area contributed by atoms with Crippen molar-refractivity contribution in [1.29, 1.82) is 0 Å². The lowest BCUT2D eigenvalue weighted by atomic mass is 10.1. The minimum atomic E-state index is -1.62. The molecule has 0 amide bonds. The van der Waals surface area contributed by atoms with Crippen LogP contribution in [0.25, 0.3) is 11.0 Å². The quantitative estimate of drug-likeness (QED) is 0.777. The topological polar surface area (TPSA) is 77.2 Å². The van der Waals surface area contributed by atoms with Crippen LogP contribution in [0, 0.1) is 0 Å². The van der Waals surface area contributed by atoms with E-state index in [9.17, 15) is 9.90 Å². The average Bonchev–Trinajstić information content (AvgIpc) is 2.71. The summed E-state index contributed by atoms with van der Waals surface area (Å²) >= 11 is 0. The van der Waals surface area contributed by atoms with Crippen LogP contribution in [0.2, 0.25) is 0 Å². The number of benzene rings is 1.